The van der Waals surface area contributed by atoms with Crippen molar-refractivity contribution in [2.45, 2.75) is 11.9 Å². The largest absolute Gasteiger partial charge is 0.493 e. The molecule has 6 nitrogen and oxygen atoms in total. The zero-order chi connectivity index (χ0) is 25.5. The molecule has 0 aliphatic rings. The summed E-state index contributed by atoms with van der Waals surface area (Å²) < 4.78 is 10.8. The SMILES string of the molecule is COc1ccc(-c2cc(-c3ccccc3)nc(SCC(=O)Nc3cccc(C)c3)c2C#N)cc1OC. The average Bonchev–Trinajstić information content (AvgIpc) is 2.91. The van der Waals surface area contributed by atoms with Gasteiger partial charge in [-0.25, -0.2) is 4.98 Å². The molecule has 7 heteroatoms. The molecule has 4 rings (SSSR count). The van der Waals surface area contributed by atoms with Crippen molar-refractivity contribution in [1.29, 1.82) is 5.26 Å². The van der Waals surface area contributed by atoms with E-state index in [9.17, 15) is 10.1 Å². The molecule has 4 aromatic rings. The standard InChI is InChI=1S/C29H25N3O3S/c1-19-8-7-11-22(14-19)31-28(33)18-36-29-24(17-30)23(16-25(32-29)20-9-5-4-6-10-20)21-12-13-26(34-2)27(15-21)35-3/h4-16H,18H2,1-3H3,(H,31,33). The summed E-state index contributed by atoms with van der Waals surface area (Å²) in [5.41, 5.74) is 5.30. The highest BCUT2D eigenvalue weighted by atomic mass is 32.2. The summed E-state index contributed by atoms with van der Waals surface area (Å²) >= 11 is 1.24. The van der Waals surface area contributed by atoms with Gasteiger partial charge >= 0.3 is 0 Å². The monoisotopic (exact) mass is 495 g/mol. The molecule has 0 saturated heterocycles. The third kappa shape index (κ3) is 5.68. The number of nitrogens with zero attached hydrogens (tertiary/aromatic N) is 2. The van der Waals surface area contributed by atoms with Gasteiger partial charge in [0.25, 0.3) is 0 Å². The molecule has 0 saturated carbocycles. The number of aromatic nitrogens is 1. The Bertz CT molecular complexity index is 1430. The van der Waals surface area contributed by atoms with E-state index in [0.717, 1.165) is 22.4 Å². The molecule has 0 spiro atoms. The van der Waals surface area contributed by atoms with Crippen molar-refractivity contribution in [1.82, 2.24) is 4.98 Å². The molecule has 180 valence electrons. The van der Waals surface area contributed by atoms with Crippen molar-refractivity contribution in [3.63, 3.8) is 0 Å². The van der Waals surface area contributed by atoms with Gasteiger partial charge < -0.3 is 14.8 Å². The number of hydrogen-bond donors (Lipinski definition) is 1. The number of ether oxygens (including phenoxy) is 2. The van der Waals surface area contributed by atoms with Gasteiger partial charge in [0, 0.05) is 16.8 Å². The van der Waals surface area contributed by atoms with E-state index in [1.54, 1.807) is 20.3 Å². The first-order valence-corrected chi connectivity index (χ1v) is 12.2. The number of pyridine rings is 1. The van der Waals surface area contributed by atoms with Crippen LogP contribution in [0.25, 0.3) is 22.4 Å². The Morgan fingerprint density at radius 3 is 2.42 bits per heavy atom. The topological polar surface area (TPSA) is 84.2 Å². The molecule has 0 bridgehead atoms. The van der Waals surface area contributed by atoms with Crippen LogP contribution in [0, 0.1) is 18.3 Å². The Morgan fingerprint density at radius 1 is 0.944 bits per heavy atom. The smallest absolute Gasteiger partial charge is 0.234 e. The van der Waals surface area contributed by atoms with Gasteiger partial charge in [0.2, 0.25) is 5.91 Å². The molecule has 0 aliphatic heterocycles. The van der Waals surface area contributed by atoms with E-state index in [2.05, 4.69) is 11.4 Å². The first-order chi connectivity index (χ1) is 17.5. The molecular weight excluding hydrogens is 470 g/mol. The Balaban J connectivity index is 1.73. The van der Waals surface area contributed by atoms with Crippen molar-refractivity contribution < 1.29 is 14.3 Å². The van der Waals surface area contributed by atoms with E-state index in [-0.39, 0.29) is 11.7 Å². The summed E-state index contributed by atoms with van der Waals surface area (Å²) in [6.07, 6.45) is 0. The summed E-state index contributed by atoms with van der Waals surface area (Å²) in [5.74, 6) is 1.09. The fourth-order valence-electron chi connectivity index (χ4n) is 3.78. The van der Waals surface area contributed by atoms with Crippen LogP contribution in [-0.2, 0) is 4.79 Å². The van der Waals surface area contributed by atoms with E-state index < -0.39 is 0 Å². The molecule has 36 heavy (non-hydrogen) atoms. The minimum Gasteiger partial charge on any atom is -0.493 e. The van der Waals surface area contributed by atoms with Crippen LogP contribution >= 0.6 is 11.8 Å². The zero-order valence-corrected chi connectivity index (χ0v) is 21.1. The van der Waals surface area contributed by atoms with Gasteiger partial charge in [0.15, 0.2) is 11.5 Å². The number of rotatable bonds is 8. The average molecular weight is 496 g/mol. The van der Waals surface area contributed by atoms with Crippen LogP contribution in [0.2, 0.25) is 0 Å². The van der Waals surface area contributed by atoms with Crippen molar-refractivity contribution in [3.8, 4) is 40.0 Å². The molecular formula is C29H25N3O3S. The summed E-state index contributed by atoms with van der Waals surface area (Å²) in [6.45, 7) is 1.97. The molecule has 0 unspecified atom stereocenters. The second-order valence-electron chi connectivity index (χ2n) is 7.99. The van der Waals surface area contributed by atoms with E-state index >= 15 is 0 Å². The molecule has 0 atom stereocenters. The minimum absolute atomic E-state index is 0.110. The van der Waals surface area contributed by atoms with Crippen LogP contribution in [0.3, 0.4) is 0 Å². The van der Waals surface area contributed by atoms with Gasteiger partial charge in [-0.05, 0) is 48.4 Å². The molecule has 0 fully saturated rings. The Morgan fingerprint density at radius 2 is 1.72 bits per heavy atom. The third-order valence-corrected chi connectivity index (χ3v) is 6.48. The van der Waals surface area contributed by atoms with Crippen LogP contribution in [0.4, 0.5) is 5.69 Å². The molecule has 3 aromatic carbocycles. The second-order valence-corrected chi connectivity index (χ2v) is 8.95. The van der Waals surface area contributed by atoms with Crippen molar-refractivity contribution in [3.05, 3.63) is 90.0 Å². The Labute approximate surface area is 214 Å². The third-order valence-electron chi connectivity index (χ3n) is 5.50. The zero-order valence-electron chi connectivity index (χ0n) is 20.2. The number of aryl methyl sites for hydroxylation is 1. The van der Waals surface area contributed by atoms with E-state index in [1.165, 1.54) is 11.8 Å². The van der Waals surface area contributed by atoms with Crippen LogP contribution in [0.5, 0.6) is 11.5 Å². The Hall–Kier alpha value is -4.28. The molecule has 1 aromatic heterocycles. The summed E-state index contributed by atoms with van der Waals surface area (Å²) in [4.78, 5) is 17.5. The molecule has 1 N–H and O–H groups in total. The van der Waals surface area contributed by atoms with Gasteiger partial charge in [0.1, 0.15) is 11.1 Å². The molecule has 0 aliphatic carbocycles. The van der Waals surface area contributed by atoms with Crippen LogP contribution in [0.15, 0.2) is 83.9 Å². The van der Waals surface area contributed by atoms with Gasteiger partial charge in [-0.15, -0.1) is 0 Å². The van der Waals surface area contributed by atoms with Gasteiger partial charge in [0.05, 0.1) is 31.2 Å². The predicted octanol–water partition coefficient (Wildman–Crippen LogP) is 6.34. The summed E-state index contributed by atoms with van der Waals surface area (Å²) in [6, 6.07) is 27.1. The number of anilines is 1. The number of hydrogen-bond acceptors (Lipinski definition) is 6. The number of thioether (sulfide) groups is 1. The molecule has 1 amide bonds. The summed E-state index contributed by atoms with van der Waals surface area (Å²) in [7, 11) is 3.15. The number of methoxy groups -OCH3 is 2. The number of amides is 1. The minimum atomic E-state index is -0.172. The number of nitriles is 1. The Kier molecular flexibility index (Phi) is 7.89. The quantitative estimate of drug-likeness (QED) is 0.287. The van der Waals surface area contributed by atoms with Crippen molar-refractivity contribution in [2.75, 3.05) is 25.3 Å². The maximum atomic E-state index is 12.7. The van der Waals surface area contributed by atoms with Crippen molar-refractivity contribution >= 4 is 23.4 Å². The lowest BCUT2D eigenvalue weighted by atomic mass is 9.99. The number of benzene rings is 3. The van der Waals surface area contributed by atoms with Gasteiger partial charge in [-0.2, -0.15) is 5.26 Å². The van der Waals surface area contributed by atoms with E-state index in [0.29, 0.717) is 33.3 Å². The lowest BCUT2D eigenvalue weighted by molar-refractivity contribution is -0.113. The fourth-order valence-corrected chi connectivity index (χ4v) is 4.58. The fraction of sp³-hybridized carbons (Fsp3) is 0.138. The highest BCUT2D eigenvalue weighted by Crippen LogP contribution is 2.38. The maximum Gasteiger partial charge on any atom is 0.234 e. The highest BCUT2D eigenvalue weighted by Gasteiger charge is 2.18. The maximum absolute atomic E-state index is 12.7. The first-order valence-electron chi connectivity index (χ1n) is 11.2. The van der Waals surface area contributed by atoms with Gasteiger partial charge in [-0.1, -0.05) is 60.3 Å². The lowest BCUT2D eigenvalue weighted by Crippen LogP contribution is -2.14. The first kappa shape index (κ1) is 24.8. The van der Waals surface area contributed by atoms with Crippen molar-refractivity contribution in [2.24, 2.45) is 0 Å². The number of carbonyl (C=O) groups excluding carboxylic acids is 1. The lowest BCUT2D eigenvalue weighted by Gasteiger charge is -2.14. The summed E-state index contributed by atoms with van der Waals surface area (Å²) in [5, 5.41) is 13.5. The highest BCUT2D eigenvalue weighted by molar-refractivity contribution is 8.00. The van der Waals surface area contributed by atoms with E-state index in [1.807, 2.05) is 79.7 Å². The predicted molar refractivity (Wildman–Crippen MR) is 143 cm³/mol. The van der Waals surface area contributed by atoms with E-state index in [4.69, 9.17) is 14.5 Å². The second kappa shape index (κ2) is 11.4. The van der Waals surface area contributed by atoms with Gasteiger partial charge in [-0.3, -0.25) is 4.79 Å². The van der Waals surface area contributed by atoms with Crippen LogP contribution in [-0.4, -0.2) is 30.9 Å². The normalized spacial score (nSPS) is 10.4. The number of carbonyl (C=O) groups is 1. The number of nitrogens with one attached hydrogen (secondary N) is 1. The molecule has 1 heterocycles. The van der Waals surface area contributed by atoms with Crippen LogP contribution in [0.1, 0.15) is 11.1 Å². The van der Waals surface area contributed by atoms with Crippen LogP contribution < -0.4 is 14.8 Å². The molecule has 0 radical (unpaired) electrons.